The average molecular weight is 265 g/mol. The van der Waals surface area contributed by atoms with Gasteiger partial charge in [0.2, 0.25) is 0 Å². The third-order valence-corrected chi connectivity index (χ3v) is 4.40. The van der Waals surface area contributed by atoms with Crippen molar-refractivity contribution in [2.45, 2.75) is 26.2 Å². The lowest BCUT2D eigenvalue weighted by atomic mass is 10.1. The van der Waals surface area contributed by atoms with E-state index in [-0.39, 0.29) is 0 Å². The fourth-order valence-corrected chi connectivity index (χ4v) is 3.36. The van der Waals surface area contributed by atoms with E-state index in [4.69, 9.17) is 0 Å². The molecule has 1 aromatic carbocycles. The summed E-state index contributed by atoms with van der Waals surface area (Å²) >= 11 is 0. The van der Waals surface area contributed by atoms with Crippen molar-refractivity contribution in [1.29, 1.82) is 0 Å². The summed E-state index contributed by atoms with van der Waals surface area (Å²) in [5.41, 5.74) is 4.94. The fourth-order valence-electron chi connectivity index (χ4n) is 3.36. The molecule has 0 unspecified atom stereocenters. The molecule has 3 nitrogen and oxygen atoms in total. The van der Waals surface area contributed by atoms with E-state index in [1.165, 1.54) is 59.9 Å². The summed E-state index contributed by atoms with van der Waals surface area (Å²) < 4.78 is 0. The van der Waals surface area contributed by atoms with Crippen LogP contribution in [0.5, 0.6) is 0 Å². The Morgan fingerprint density at radius 3 is 2.75 bits per heavy atom. The molecule has 0 atom stereocenters. The van der Waals surface area contributed by atoms with Gasteiger partial charge < -0.3 is 9.88 Å². The molecule has 0 radical (unpaired) electrons. The molecule has 0 saturated carbocycles. The van der Waals surface area contributed by atoms with E-state index >= 15 is 0 Å². The van der Waals surface area contributed by atoms with Gasteiger partial charge >= 0.3 is 0 Å². The number of nitrogens with one attached hydrogen (secondary N) is 1. The molecule has 3 heteroatoms. The Bertz CT molecular complexity index is 766. The molecule has 0 amide bonds. The van der Waals surface area contributed by atoms with E-state index in [9.17, 15) is 0 Å². The van der Waals surface area contributed by atoms with Crippen LogP contribution in [0.25, 0.3) is 21.8 Å². The number of aryl methyl sites for hydroxylation is 1. The van der Waals surface area contributed by atoms with Crippen molar-refractivity contribution in [3.05, 3.63) is 36.2 Å². The van der Waals surface area contributed by atoms with Crippen LogP contribution in [0, 0.1) is 6.92 Å². The predicted octanol–water partition coefficient (Wildman–Crippen LogP) is 4.01. The van der Waals surface area contributed by atoms with Gasteiger partial charge in [0.1, 0.15) is 0 Å². The highest BCUT2D eigenvalue weighted by atomic mass is 15.1. The van der Waals surface area contributed by atoms with E-state index < -0.39 is 0 Å². The second-order valence-electron chi connectivity index (χ2n) is 5.78. The lowest BCUT2D eigenvalue weighted by molar-refractivity contribution is 0.578. The number of aromatic nitrogens is 2. The van der Waals surface area contributed by atoms with Crippen molar-refractivity contribution < 1.29 is 0 Å². The quantitative estimate of drug-likeness (QED) is 0.720. The monoisotopic (exact) mass is 265 g/mol. The number of benzene rings is 1. The fraction of sp³-hybridized carbons (Fsp3) is 0.353. The van der Waals surface area contributed by atoms with Gasteiger partial charge in [-0.1, -0.05) is 0 Å². The molecule has 1 saturated heterocycles. The Morgan fingerprint density at radius 1 is 1.05 bits per heavy atom. The standard InChI is InChI=1S/C17H19N3/c1-12-10-18-11-16-17(12)14-9-13(5-6-15(14)19-16)20-7-3-2-4-8-20/h5-6,9-11,19H,2-4,7-8H2,1H3. The summed E-state index contributed by atoms with van der Waals surface area (Å²) in [4.78, 5) is 10.3. The highest BCUT2D eigenvalue weighted by Crippen LogP contribution is 2.31. The summed E-state index contributed by atoms with van der Waals surface area (Å²) in [6, 6.07) is 6.79. The van der Waals surface area contributed by atoms with Crippen LogP contribution in [0.2, 0.25) is 0 Å². The zero-order valence-electron chi connectivity index (χ0n) is 11.8. The van der Waals surface area contributed by atoms with Crippen molar-refractivity contribution in [2.24, 2.45) is 0 Å². The molecule has 1 aliphatic rings. The van der Waals surface area contributed by atoms with Gasteiger partial charge in [-0.05, 0) is 49.9 Å². The molecule has 20 heavy (non-hydrogen) atoms. The molecule has 3 heterocycles. The van der Waals surface area contributed by atoms with Gasteiger partial charge in [0.05, 0.1) is 11.7 Å². The van der Waals surface area contributed by atoms with E-state index in [1.807, 2.05) is 12.4 Å². The number of nitrogens with zero attached hydrogens (tertiary/aromatic N) is 2. The van der Waals surface area contributed by atoms with Gasteiger partial charge in [0, 0.05) is 41.3 Å². The van der Waals surface area contributed by atoms with Crippen molar-refractivity contribution in [2.75, 3.05) is 18.0 Å². The first kappa shape index (κ1) is 11.8. The normalized spacial score (nSPS) is 16.1. The Hall–Kier alpha value is -2.03. The highest BCUT2D eigenvalue weighted by Gasteiger charge is 2.13. The molecule has 1 aliphatic heterocycles. The Labute approximate surface area is 118 Å². The first-order valence-electron chi connectivity index (χ1n) is 7.44. The predicted molar refractivity (Wildman–Crippen MR) is 84.4 cm³/mol. The molecule has 3 aromatic rings. The van der Waals surface area contributed by atoms with Gasteiger partial charge in [0.15, 0.2) is 0 Å². The van der Waals surface area contributed by atoms with Crippen LogP contribution in [0.1, 0.15) is 24.8 Å². The number of rotatable bonds is 1. The second kappa shape index (κ2) is 4.51. The second-order valence-corrected chi connectivity index (χ2v) is 5.78. The average Bonchev–Trinajstić information content (AvgIpc) is 2.87. The summed E-state index contributed by atoms with van der Waals surface area (Å²) in [5, 5.41) is 2.64. The Balaban J connectivity index is 1.91. The van der Waals surface area contributed by atoms with Crippen molar-refractivity contribution in [1.82, 2.24) is 9.97 Å². The maximum absolute atomic E-state index is 4.28. The largest absolute Gasteiger partial charge is 0.372 e. The van der Waals surface area contributed by atoms with E-state index in [0.717, 1.165) is 5.52 Å². The first-order valence-corrected chi connectivity index (χ1v) is 7.44. The summed E-state index contributed by atoms with van der Waals surface area (Å²) in [6.45, 7) is 4.51. The zero-order valence-corrected chi connectivity index (χ0v) is 11.8. The molecule has 102 valence electrons. The van der Waals surface area contributed by atoms with E-state index in [1.54, 1.807) is 0 Å². The number of aromatic amines is 1. The number of piperidine rings is 1. The van der Waals surface area contributed by atoms with Gasteiger partial charge in [-0.2, -0.15) is 0 Å². The topological polar surface area (TPSA) is 31.9 Å². The van der Waals surface area contributed by atoms with Crippen LogP contribution in [0.15, 0.2) is 30.6 Å². The highest BCUT2D eigenvalue weighted by molar-refractivity contribution is 6.09. The van der Waals surface area contributed by atoms with E-state index in [2.05, 4.69) is 40.0 Å². The minimum absolute atomic E-state index is 1.13. The number of pyridine rings is 1. The van der Waals surface area contributed by atoms with Gasteiger partial charge in [-0.15, -0.1) is 0 Å². The SMILES string of the molecule is Cc1cncc2[nH]c3ccc(N4CCCCC4)cc3c12. The van der Waals surface area contributed by atoms with Crippen LogP contribution in [-0.2, 0) is 0 Å². The summed E-state index contributed by atoms with van der Waals surface area (Å²) in [6.07, 6.45) is 7.87. The molecule has 1 N–H and O–H groups in total. The van der Waals surface area contributed by atoms with Gasteiger partial charge in [-0.3, -0.25) is 4.98 Å². The Morgan fingerprint density at radius 2 is 1.90 bits per heavy atom. The van der Waals surface area contributed by atoms with Crippen molar-refractivity contribution in [3.8, 4) is 0 Å². The molecule has 2 aromatic heterocycles. The lowest BCUT2D eigenvalue weighted by Gasteiger charge is -2.28. The molecule has 1 fully saturated rings. The van der Waals surface area contributed by atoms with Crippen molar-refractivity contribution in [3.63, 3.8) is 0 Å². The number of hydrogen-bond donors (Lipinski definition) is 1. The summed E-state index contributed by atoms with van der Waals surface area (Å²) in [5.74, 6) is 0. The smallest absolute Gasteiger partial charge is 0.0654 e. The zero-order chi connectivity index (χ0) is 13.5. The molecule has 0 aliphatic carbocycles. The maximum Gasteiger partial charge on any atom is 0.0654 e. The van der Waals surface area contributed by atoms with Crippen LogP contribution in [0.3, 0.4) is 0 Å². The summed E-state index contributed by atoms with van der Waals surface area (Å²) in [7, 11) is 0. The van der Waals surface area contributed by atoms with E-state index in [0.29, 0.717) is 0 Å². The first-order chi connectivity index (χ1) is 9.83. The molecule has 4 rings (SSSR count). The number of H-pyrrole nitrogens is 1. The molecule has 0 spiro atoms. The van der Waals surface area contributed by atoms with Gasteiger partial charge in [0.25, 0.3) is 0 Å². The van der Waals surface area contributed by atoms with Gasteiger partial charge in [-0.25, -0.2) is 0 Å². The number of fused-ring (bicyclic) bond motifs is 3. The van der Waals surface area contributed by atoms with Crippen LogP contribution in [-0.4, -0.2) is 23.1 Å². The Kier molecular flexibility index (Phi) is 2.66. The minimum atomic E-state index is 1.13. The van der Waals surface area contributed by atoms with Crippen molar-refractivity contribution >= 4 is 27.5 Å². The lowest BCUT2D eigenvalue weighted by Crippen LogP contribution is -2.29. The third kappa shape index (κ3) is 1.77. The minimum Gasteiger partial charge on any atom is -0.372 e. The molecular weight excluding hydrogens is 246 g/mol. The number of hydrogen-bond acceptors (Lipinski definition) is 2. The van der Waals surface area contributed by atoms with Crippen LogP contribution < -0.4 is 4.90 Å². The van der Waals surface area contributed by atoms with Crippen LogP contribution in [0.4, 0.5) is 5.69 Å². The molecular formula is C17H19N3. The molecule has 0 bridgehead atoms. The van der Waals surface area contributed by atoms with Crippen LogP contribution >= 0.6 is 0 Å². The number of anilines is 1. The third-order valence-electron chi connectivity index (χ3n) is 4.40. The maximum atomic E-state index is 4.28.